The lowest BCUT2D eigenvalue weighted by Gasteiger charge is -2.34. The van der Waals surface area contributed by atoms with Crippen molar-refractivity contribution in [1.29, 1.82) is 0 Å². The first-order chi connectivity index (χ1) is 14.4. The number of hydrogen-bond acceptors (Lipinski definition) is 5. The molecule has 1 unspecified atom stereocenters. The summed E-state index contributed by atoms with van der Waals surface area (Å²) in [7, 11) is -2.22. The van der Waals surface area contributed by atoms with Gasteiger partial charge >= 0.3 is 0 Å². The molecule has 1 saturated heterocycles. The largest absolute Gasteiger partial charge is 0.383 e. The van der Waals surface area contributed by atoms with E-state index in [9.17, 15) is 17.6 Å². The lowest BCUT2D eigenvalue weighted by atomic mass is 9.98. The maximum absolute atomic E-state index is 13.2. The molecule has 2 heterocycles. The van der Waals surface area contributed by atoms with E-state index in [0.717, 1.165) is 17.8 Å². The minimum Gasteiger partial charge on any atom is -0.383 e. The first-order valence-electron chi connectivity index (χ1n) is 9.85. The third-order valence-electron chi connectivity index (χ3n) is 5.14. The molecule has 1 amide bonds. The summed E-state index contributed by atoms with van der Waals surface area (Å²) < 4.78 is 45.5. The molecule has 0 saturated carbocycles. The Hall–Kier alpha value is -2.36. The maximum atomic E-state index is 13.2. The summed E-state index contributed by atoms with van der Waals surface area (Å²) in [5, 5.41) is 0. The van der Waals surface area contributed by atoms with Gasteiger partial charge in [0, 0.05) is 32.9 Å². The minimum atomic E-state index is -3.79. The molecule has 1 aromatic carbocycles. The first kappa shape index (κ1) is 22.3. The van der Waals surface area contributed by atoms with Gasteiger partial charge in [0.2, 0.25) is 15.9 Å². The fraction of sp³-hybridized carbons (Fsp3) is 0.429. The molecule has 1 aromatic heterocycles. The molecule has 3 rings (SSSR count). The summed E-state index contributed by atoms with van der Waals surface area (Å²) in [4.78, 5) is 19.2. The smallest absolute Gasteiger partial charge is 0.243 e. The predicted molar refractivity (Wildman–Crippen MR) is 109 cm³/mol. The standard InChI is InChI=1S/C21H26FN3O4S/c1-29-14-13-24(16-19-6-2-3-11-23-19)21(26)17-5-4-12-25(15-17)30(27,28)20-9-7-18(22)8-10-20/h2-3,6-11,17H,4-5,12-16H2,1H3. The summed E-state index contributed by atoms with van der Waals surface area (Å²) in [6.07, 6.45) is 2.87. The highest BCUT2D eigenvalue weighted by Crippen LogP contribution is 2.25. The van der Waals surface area contributed by atoms with Crippen molar-refractivity contribution in [3.63, 3.8) is 0 Å². The number of carbonyl (C=O) groups excluding carboxylic acids is 1. The van der Waals surface area contributed by atoms with E-state index in [1.165, 1.54) is 16.4 Å². The van der Waals surface area contributed by atoms with E-state index >= 15 is 0 Å². The van der Waals surface area contributed by atoms with Crippen LogP contribution in [0.4, 0.5) is 4.39 Å². The van der Waals surface area contributed by atoms with Crippen LogP contribution in [0.1, 0.15) is 18.5 Å². The monoisotopic (exact) mass is 435 g/mol. The SMILES string of the molecule is COCCN(Cc1ccccn1)C(=O)C1CCCN(S(=O)(=O)c2ccc(F)cc2)C1. The summed E-state index contributed by atoms with van der Waals surface area (Å²) in [6.45, 7) is 1.55. The third-order valence-corrected chi connectivity index (χ3v) is 7.02. The van der Waals surface area contributed by atoms with Crippen LogP contribution in [0.15, 0.2) is 53.6 Å². The van der Waals surface area contributed by atoms with Crippen molar-refractivity contribution in [1.82, 2.24) is 14.2 Å². The Labute approximate surface area is 176 Å². The Balaban J connectivity index is 1.74. The average molecular weight is 436 g/mol. The van der Waals surface area contributed by atoms with Crippen molar-refractivity contribution in [2.45, 2.75) is 24.3 Å². The molecule has 0 aliphatic carbocycles. The van der Waals surface area contributed by atoms with Gasteiger partial charge in [-0.15, -0.1) is 0 Å². The van der Waals surface area contributed by atoms with Crippen molar-refractivity contribution in [3.8, 4) is 0 Å². The molecule has 1 atom stereocenters. The van der Waals surface area contributed by atoms with Gasteiger partial charge in [0.05, 0.1) is 29.7 Å². The van der Waals surface area contributed by atoms with Crippen LogP contribution in [-0.2, 0) is 26.1 Å². The number of pyridine rings is 1. The van der Waals surface area contributed by atoms with E-state index in [4.69, 9.17) is 4.74 Å². The Bertz CT molecular complexity index is 938. The lowest BCUT2D eigenvalue weighted by molar-refractivity contribution is -0.138. The zero-order valence-electron chi connectivity index (χ0n) is 16.9. The number of benzene rings is 1. The van der Waals surface area contributed by atoms with Gasteiger partial charge < -0.3 is 9.64 Å². The quantitative estimate of drug-likeness (QED) is 0.636. The lowest BCUT2D eigenvalue weighted by Crippen LogP contribution is -2.47. The van der Waals surface area contributed by atoms with E-state index in [0.29, 0.717) is 39.1 Å². The molecule has 0 N–H and O–H groups in total. The number of hydrogen-bond donors (Lipinski definition) is 0. The fourth-order valence-corrected chi connectivity index (χ4v) is 5.06. The summed E-state index contributed by atoms with van der Waals surface area (Å²) in [6, 6.07) is 10.3. The van der Waals surface area contributed by atoms with Gasteiger partial charge in [0.25, 0.3) is 0 Å². The number of sulfonamides is 1. The Morgan fingerprint density at radius 2 is 2.03 bits per heavy atom. The number of ether oxygens (including phenoxy) is 1. The zero-order valence-corrected chi connectivity index (χ0v) is 17.7. The summed E-state index contributed by atoms with van der Waals surface area (Å²) in [5.74, 6) is -1.06. The van der Waals surface area contributed by atoms with E-state index < -0.39 is 21.8 Å². The van der Waals surface area contributed by atoms with Gasteiger partial charge in [-0.1, -0.05) is 6.07 Å². The predicted octanol–water partition coefficient (Wildman–Crippen LogP) is 2.30. The van der Waals surface area contributed by atoms with Crippen LogP contribution in [0.5, 0.6) is 0 Å². The number of methoxy groups -OCH3 is 1. The molecule has 0 radical (unpaired) electrons. The second-order valence-corrected chi connectivity index (χ2v) is 9.17. The molecule has 30 heavy (non-hydrogen) atoms. The molecule has 0 spiro atoms. The average Bonchev–Trinajstić information content (AvgIpc) is 2.77. The Morgan fingerprint density at radius 3 is 2.70 bits per heavy atom. The highest BCUT2D eigenvalue weighted by Gasteiger charge is 2.35. The molecule has 9 heteroatoms. The molecular weight excluding hydrogens is 409 g/mol. The number of amides is 1. The topological polar surface area (TPSA) is 79.8 Å². The van der Waals surface area contributed by atoms with Gasteiger partial charge in [-0.3, -0.25) is 9.78 Å². The number of halogens is 1. The van der Waals surface area contributed by atoms with E-state index in [1.54, 1.807) is 18.2 Å². The van der Waals surface area contributed by atoms with E-state index in [2.05, 4.69) is 4.98 Å². The van der Waals surface area contributed by atoms with Crippen molar-refractivity contribution >= 4 is 15.9 Å². The molecule has 0 bridgehead atoms. The second-order valence-electron chi connectivity index (χ2n) is 7.23. The summed E-state index contributed by atoms with van der Waals surface area (Å²) >= 11 is 0. The van der Waals surface area contributed by atoms with Gasteiger partial charge in [-0.05, 0) is 49.2 Å². The molecule has 162 valence electrons. The molecular formula is C21H26FN3O4S. The molecule has 1 fully saturated rings. The number of rotatable bonds is 8. The van der Waals surface area contributed by atoms with Crippen LogP contribution in [-0.4, -0.2) is 61.9 Å². The van der Waals surface area contributed by atoms with Crippen LogP contribution in [0, 0.1) is 11.7 Å². The van der Waals surface area contributed by atoms with E-state index in [1.807, 2.05) is 18.2 Å². The number of piperidine rings is 1. The van der Waals surface area contributed by atoms with Crippen LogP contribution in [0.25, 0.3) is 0 Å². The number of carbonyl (C=O) groups is 1. The van der Waals surface area contributed by atoms with Gasteiger partial charge in [-0.2, -0.15) is 4.31 Å². The van der Waals surface area contributed by atoms with Crippen molar-refractivity contribution < 1.29 is 22.3 Å². The minimum absolute atomic E-state index is 0.0294. The van der Waals surface area contributed by atoms with Crippen LogP contribution in [0.3, 0.4) is 0 Å². The molecule has 1 aliphatic heterocycles. The van der Waals surface area contributed by atoms with Crippen LogP contribution < -0.4 is 0 Å². The highest BCUT2D eigenvalue weighted by molar-refractivity contribution is 7.89. The normalized spacial score (nSPS) is 17.6. The van der Waals surface area contributed by atoms with Crippen molar-refractivity contribution in [3.05, 3.63) is 60.2 Å². The number of aromatic nitrogens is 1. The second kappa shape index (κ2) is 10.1. The fourth-order valence-electron chi connectivity index (χ4n) is 3.53. The molecule has 2 aromatic rings. The van der Waals surface area contributed by atoms with Gasteiger partial charge in [0.1, 0.15) is 5.82 Å². The Morgan fingerprint density at radius 1 is 1.27 bits per heavy atom. The van der Waals surface area contributed by atoms with Crippen molar-refractivity contribution in [2.75, 3.05) is 33.4 Å². The third kappa shape index (κ3) is 5.41. The molecule has 1 aliphatic rings. The summed E-state index contributed by atoms with van der Waals surface area (Å²) in [5.41, 5.74) is 0.758. The van der Waals surface area contributed by atoms with Crippen LogP contribution >= 0.6 is 0 Å². The Kier molecular flexibility index (Phi) is 7.52. The number of nitrogens with zero attached hydrogens (tertiary/aromatic N) is 3. The van der Waals surface area contributed by atoms with Crippen LogP contribution in [0.2, 0.25) is 0 Å². The van der Waals surface area contributed by atoms with E-state index in [-0.39, 0.29) is 17.3 Å². The van der Waals surface area contributed by atoms with Gasteiger partial charge in [-0.25, -0.2) is 12.8 Å². The van der Waals surface area contributed by atoms with Crippen molar-refractivity contribution in [2.24, 2.45) is 5.92 Å². The zero-order chi connectivity index (χ0) is 21.6. The maximum Gasteiger partial charge on any atom is 0.243 e. The first-order valence-corrected chi connectivity index (χ1v) is 11.3. The highest BCUT2D eigenvalue weighted by atomic mass is 32.2. The molecule has 7 nitrogen and oxygen atoms in total. The van der Waals surface area contributed by atoms with Gasteiger partial charge in [0.15, 0.2) is 0 Å².